The van der Waals surface area contributed by atoms with E-state index < -0.39 is 24.0 Å². The summed E-state index contributed by atoms with van der Waals surface area (Å²) in [4.78, 5) is 50.8. The van der Waals surface area contributed by atoms with Crippen LogP contribution in [-0.4, -0.2) is 47.3 Å². The maximum Gasteiger partial charge on any atom is 0.325 e. The highest BCUT2D eigenvalue weighted by Crippen LogP contribution is 2.38. The molecule has 30 heavy (non-hydrogen) atoms. The maximum atomic E-state index is 12.9. The van der Waals surface area contributed by atoms with Gasteiger partial charge in [-0.1, -0.05) is 37.5 Å². The van der Waals surface area contributed by atoms with E-state index in [1.807, 2.05) is 39.8 Å². The molecule has 0 radical (unpaired) electrons. The first-order valence-electron chi connectivity index (χ1n) is 10.4. The number of hydrogen-bond acceptors (Lipinski definition) is 4. The Morgan fingerprint density at radius 1 is 1.13 bits per heavy atom. The van der Waals surface area contributed by atoms with E-state index in [-0.39, 0.29) is 24.3 Å². The molecule has 2 fully saturated rings. The molecule has 5 amide bonds. The van der Waals surface area contributed by atoms with Crippen LogP contribution in [-0.2, 0) is 14.4 Å². The molecule has 2 aliphatic rings. The lowest BCUT2D eigenvalue weighted by atomic mass is 9.73. The van der Waals surface area contributed by atoms with E-state index in [0.717, 1.165) is 46.5 Å². The van der Waals surface area contributed by atoms with Crippen molar-refractivity contribution in [3.8, 4) is 0 Å². The van der Waals surface area contributed by atoms with E-state index in [2.05, 4.69) is 16.0 Å². The predicted octanol–water partition coefficient (Wildman–Crippen LogP) is 2.17. The molecule has 1 saturated heterocycles. The lowest BCUT2D eigenvalue weighted by Crippen LogP contribution is -2.54. The summed E-state index contributed by atoms with van der Waals surface area (Å²) < 4.78 is 0. The second kappa shape index (κ2) is 8.45. The Labute approximate surface area is 176 Å². The summed E-state index contributed by atoms with van der Waals surface area (Å²) in [7, 11) is 0. The predicted molar refractivity (Wildman–Crippen MR) is 113 cm³/mol. The molecular weight excluding hydrogens is 384 g/mol. The van der Waals surface area contributed by atoms with Gasteiger partial charge in [-0.2, -0.15) is 0 Å². The zero-order chi connectivity index (χ0) is 22.1. The number of aryl methyl sites for hydroxylation is 3. The van der Waals surface area contributed by atoms with Gasteiger partial charge in [0, 0.05) is 5.69 Å². The van der Waals surface area contributed by atoms with Crippen LogP contribution in [0.2, 0.25) is 0 Å². The van der Waals surface area contributed by atoms with Gasteiger partial charge in [-0.15, -0.1) is 0 Å². The number of imide groups is 1. The standard InChI is InChI=1S/C22H30N4O4/c1-13-9-14(2)19(15(3)10-13)24-17(27)11-23-18(28)12-26-20(29)22(25-21(26)30)8-6-5-7-16(22)4/h9-10,16H,5-8,11-12H2,1-4H3,(H,23,28)(H,24,27)(H,25,30)/t16-,22-/m0/s1. The molecule has 1 aromatic rings. The van der Waals surface area contributed by atoms with E-state index in [4.69, 9.17) is 0 Å². The number of hydrogen-bond donors (Lipinski definition) is 3. The highest BCUT2D eigenvalue weighted by Gasteiger charge is 2.55. The first kappa shape index (κ1) is 21.8. The van der Waals surface area contributed by atoms with Gasteiger partial charge in [-0.3, -0.25) is 19.3 Å². The van der Waals surface area contributed by atoms with Gasteiger partial charge in [0.15, 0.2) is 0 Å². The van der Waals surface area contributed by atoms with Crippen molar-refractivity contribution in [2.45, 2.75) is 58.9 Å². The van der Waals surface area contributed by atoms with E-state index in [9.17, 15) is 19.2 Å². The SMILES string of the molecule is Cc1cc(C)c(NC(=O)CNC(=O)CN2C(=O)N[C@]3(CCCC[C@@H]3C)C2=O)c(C)c1. The van der Waals surface area contributed by atoms with Crippen molar-refractivity contribution in [3.05, 3.63) is 28.8 Å². The van der Waals surface area contributed by atoms with E-state index in [0.29, 0.717) is 6.42 Å². The van der Waals surface area contributed by atoms with Crippen molar-refractivity contribution in [1.82, 2.24) is 15.5 Å². The molecule has 1 saturated carbocycles. The van der Waals surface area contributed by atoms with Gasteiger partial charge < -0.3 is 16.0 Å². The van der Waals surface area contributed by atoms with Gasteiger partial charge in [-0.05, 0) is 50.7 Å². The summed E-state index contributed by atoms with van der Waals surface area (Å²) in [5.41, 5.74) is 2.82. The zero-order valence-corrected chi connectivity index (χ0v) is 18.1. The highest BCUT2D eigenvalue weighted by atomic mass is 16.2. The number of nitrogens with one attached hydrogen (secondary N) is 3. The van der Waals surface area contributed by atoms with E-state index in [1.165, 1.54) is 0 Å². The van der Waals surface area contributed by atoms with Crippen LogP contribution < -0.4 is 16.0 Å². The number of anilines is 1. The molecule has 8 nitrogen and oxygen atoms in total. The number of benzene rings is 1. The Bertz CT molecular complexity index is 874. The van der Waals surface area contributed by atoms with Crippen molar-refractivity contribution in [1.29, 1.82) is 0 Å². The Kier molecular flexibility index (Phi) is 6.14. The monoisotopic (exact) mass is 414 g/mol. The van der Waals surface area contributed by atoms with Crippen LogP contribution in [0.5, 0.6) is 0 Å². The topological polar surface area (TPSA) is 108 Å². The number of carbonyl (C=O) groups excluding carboxylic acids is 4. The Balaban J connectivity index is 1.55. The smallest absolute Gasteiger partial charge is 0.325 e. The third kappa shape index (κ3) is 4.17. The van der Waals surface area contributed by atoms with Crippen LogP contribution in [0.1, 0.15) is 49.3 Å². The molecule has 0 aromatic heterocycles. The Hall–Kier alpha value is -2.90. The second-order valence-corrected chi connectivity index (χ2v) is 8.54. The Morgan fingerprint density at radius 2 is 1.80 bits per heavy atom. The van der Waals surface area contributed by atoms with Crippen molar-refractivity contribution >= 4 is 29.4 Å². The third-order valence-electron chi connectivity index (χ3n) is 6.19. The van der Waals surface area contributed by atoms with Crippen LogP contribution in [0.3, 0.4) is 0 Å². The molecule has 2 atom stereocenters. The third-order valence-corrected chi connectivity index (χ3v) is 6.19. The molecule has 1 spiro atoms. The van der Waals surface area contributed by atoms with Gasteiger partial charge in [0.1, 0.15) is 12.1 Å². The molecule has 1 aliphatic carbocycles. The molecule has 3 rings (SSSR count). The summed E-state index contributed by atoms with van der Waals surface area (Å²) in [6, 6.07) is 3.40. The second-order valence-electron chi connectivity index (χ2n) is 8.54. The average Bonchev–Trinajstić information content (AvgIpc) is 2.90. The fraction of sp³-hybridized carbons (Fsp3) is 0.545. The van der Waals surface area contributed by atoms with E-state index in [1.54, 1.807) is 0 Å². The van der Waals surface area contributed by atoms with Gasteiger partial charge >= 0.3 is 6.03 Å². The highest BCUT2D eigenvalue weighted by molar-refractivity contribution is 6.09. The summed E-state index contributed by atoms with van der Waals surface area (Å²) in [5.74, 6) is -1.23. The zero-order valence-electron chi connectivity index (χ0n) is 18.1. The van der Waals surface area contributed by atoms with Crippen LogP contribution in [0.25, 0.3) is 0 Å². The first-order valence-corrected chi connectivity index (χ1v) is 10.4. The van der Waals surface area contributed by atoms with Crippen molar-refractivity contribution in [2.75, 3.05) is 18.4 Å². The number of amides is 5. The van der Waals surface area contributed by atoms with Crippen LogP contribution in [0, 0.1) is 26.7 Å². The molecular formula is C22H30N4O4. The van der Waals surface area contributed by atoms with Crippen molar-refractivity contribution in [3.63, 3.8) is 0 Å². The Morgan fingerprint density at radius 3 is 2.43 bits per heavy atom. The normalized spacial score (nSPS) is 23.5. The maximum absolute atomic E-state index is 12.9. The number of rotatable bonds is 5. The van der Waals surface area contributed by atoms with Gasteiger partial charge in [-0.25, -0.2) is 4.79 Å². The number of carbonyl (C=O) groups is 4. The largest absolute Gasteiger partial charge is 0.345 e. The van der Waals surface area contributed by atoms with Crippen LogP contribution >= 0.6 is 0 Å². The summed E-state index contributed by atoms with van der Waals surface area (Å²) in [6.45, 7) is 7.13. The summed E-state index contributed by atoms with van der Waals surface area (Å²) >= 11 is 0. The fourth-order valence-corrected chi connectivity index (χ4v) is 4.58. The van der Waals surface area contributed by atoms with Gasteiger partial charge in [0.25, 0.3) is 5.91 Å². The lowest BCUT2D eigenvalue weighted by molar-refractivity contribution is -0.137. The van der Waals surface area contributed by atoms with Gasteiger partial charge in [0.05, 0.1) is 6.54 Å². The summed E-state index contributed by atoms with van der Waals surface area (Å²) in [5, 5.41) is 8.13. The summed E-state index contributed by atoms with van der Waals surface area (Å²) in [6.07, 6.45) is 3.36. The molecule has 1 heterocycles. The van der Waals surface area contributed by atoms with Crippen molar-refractivity contribution in [2.24, 2.45) is 5.92 Å². The minimum Gasteiger partial charge on any atom is -0.345 e. The lowest BCUT2D eigenvalue weighted by Gasteiger charge is -2.36. The molecule has 162 valence electrons. The fourth-order valence-electron chi connectivity index (χ4n) is 4.58. The molecule has 8 heteroatoms. The minimum atomic E-state index is -0.895. The van der Waals surface area contributed by atoms with Crippen molar-refractivity contribution < 1.29 is 19.2 Å². The molecule has 1 aromatic carbocycles. The quantitative estimate of drug-likeness (QED) is 0.642. The molecule has 1 aliphatic heterocycles. The number of nitrogens with zero attached hydrogens (tertiary/aromatic N) is 1. The number of urea groups is 1. The average molecular weight is 415 g/mol. The minimum absolute atomic E-state index is 0.0301. The molecule has 0 bridgehead atoms. The van der Waals surface area contributed by atoms with Crippen LogP contribution in [0.4, 0.5) is 10.5 Å². The molecule has 0 unspecified atom stereocenters. The van der Waals surface area contributed by atoms with Crippen LogP contribution in [0.15, 0.2) is 12.1 Å². The van der Waals surface area contributed by atoms with E-state index >= 15 is 0 Å². The van der Waals surface area contributed by atoms with Gasteiger partial charge in [0.2, 0.25) is 11.8 Å². The molecule has 3 N–H and O–H groups in total. The first-order chi connectivity index (χ1) is 14.1.